The molecule has 0 fully saturated rings. The van der Waals surface area contributed by atoms with Gasteiger partial charge in [0, 0.05) is 32.3 Å². The van der Waals surface area contributed by atoms with E-state index in [0.717, 1.165) is 36.3 Å². The zero-order chi connectivity index (χ0) is 20.0. The van der Waals surface area contributed by atoms with Crippen LogP contribution in [0.5, 0.6) is 11.5 Å². The van der Waals surface area contributed by atoms with Gasteiger partial charge >= 0.3 is 0 Å². The molecule has 0 saturated heterocycles. The quantitative estimate of drug-likeness (QED) is 0.509. The van der Waals surface area contributed by atoms with Crippen LogP contribution in [0.15, 0.2) is 17.1 Å². The molecule has 3 atom stereocenters. The lowest BCUT2D eigenvalue weighted by Gasteiger charge is -2.42. The van der Waals surface area contributed by atoms with Crippen LogP contribution < -0.4 is 9.47 Å². The zero-order valence-electron chi connectivity index (χ0n) is 18.2. The molecule has 27 heavy (non-hydrogen) atoms. The maximum absolute atomic E-state index is 6.06. The number of aliphatic imine (C=N–C) groups is 1. The Morgan fingerprint density at radius 1 is 1.11 bits per heavy atom. The van der Waals surface area contributed by atoms with Gasteiger partial charge in [-0.3, -0.25) is 4.99 Å². The summed E-state index contributed by atoms with van der Waals surface area (Å²) in [5.74, 6) is 2.53. The van der Waals surface area contributed by atoms with Crippen LogP contribution in [0.25, 0.3) is 0 Å². The number of fused-ring (bicyclic) bond motifs is 1. The molecule has 1 aromatic carbocycles. The van der Waals surface area contributed by atoms with Crippen molar-refractivity contribution in [1.82, 2.24) is 0 Å². The van der Waals surface area contributed by atoms with Crippen molar-refractivity contribution in [3.05, 3.63) is 23.3 Å². The normalized spacial score (nSPS) is 20.3. The van der Waals surface area contributed by atoms with Gasteiger partial charge < -0.3 is 14.2 Å². The van der Waals surface area contributed by atoms with Gasteiger partial charge in [0.25, 0.3) is 0 Å². The fourth-order valence-electron chi connectivity index (χ4n) is 3.84. The van der Waals surface area contributed by atoms with E-state index in [1.165, 1.54) is 5.56 Å². The largest absolute Gasteiger partial charge is 0.493 e. The van der Waals surface area contributed by atoms with E-state index >= 15 is 0 Å². The fraction of sp³-hybridized carbons (Fsp3) is 0.696. The molecule has 1 aliphatic rings. The van der Waals surface area contributed by atoms with Crippen LogP contribution in [-0.4, -0.2) is 39.7 Å². The van der Waals surface area contributed by atoms with E-state index in [-0.39, 0.29) is 11.5 Å². The number of ether oxygens (including phenoxy) is 3. The number of nitrogens with zero attached hydrogens (tertiary/aromatic N) is 1. The first kappa shape index (κ1) is 21.7. The van der Waals surface area contributed by atoms with Crippen molar-refractivity contribution in [2.45, 2.75) is 65.8 Å². The van der Waals surface area contributed by atoms with E-state index in [1.54, 1.807) is 14.2 Å². The summed E-state index contributed by atoms with van der Waals surface area (Å²) < 4.78 is 16.8. The Balaban J connectivity index is 2.44. The molecule has 0 amide bonds. The minimum Gasteiger partial charge on any atom is -0.493 e. The van der Waals surface area contributed by atoms with Gasteiger partial charge in [-0.1, -0.05) is 41.0 Å². The van der Waals surface area contributed by atoms with Crippen LogP contribution in [0.2, 0.25) is 0 Å². The third-order valence-corrected chi connectivity index (χ3v) is 6.16. The summed E-state index contributed by atoms with van der Waals surface area (Å²) in [5.41, 5.74) is 2.65. The van der Waals surface area contributed by atoms with Crippen molar-refractivity contribution in [3.8, 4) is 11.5 Å². The first-order chi connectivity index (χ1) is 12.9. The van der Waals surface area contributed by atoms with Gasteiger partial charge in [-0.25, -0.2) is 0 Å². The standard InChI is InChI=1S/C23H37NO3/c1-8-16(3)21-18-14-20(27-12-10-11-25-6)19(26-7)13-17(18)15-24-22(21)23(4,5)9-2/h13-16,21-22H,8-12H2,1-7H3. The molecule has 1 aromatic rings. The van der Waals surface area contributed by atoms with Gasteiger partial charge in [0.15, 0.2) is 11.5 Å². The summed E-state index contributed by atoms with van der Waals surface area (Å²) in [6.07, 6.45) is 5.13. The summed E-state index contributed by atoms with van der Waals surface area (Å²) in [5, 5.41) is 0. The maximum Gasteiger partial charge on any atom is 0.161 e. The Labute approximate surface area is 165 Å². The van der Waals surface area contributed by atoms with Crippen molar-refractivity contribution in [3.63, 3.8) is 0 Å². The van der Waals surface area contributed by atoms with E-state index in [1.807, 2.05) is 6.21 Å². The summed E-state index contributed by atoms with van der Waals surface area (Å²) in [7, 11) is 3.41. The third kappa shape index (κ3) is 4.84. The summed E-state index contributed by atoms with van der Waals surface area (Å²) in [6, 6.07) is 4.55. The van der Waals surface area contributed by atoms with Crippen LogP contribution in [-0.2, 0) is 4.74 Å². The topological polar surface area (TPSA) is 40.0 Å². The van der Waals surface area contributed by atoms with Gasteiger partial charge in [0.2, 0.25) is 0 Å². The lowest BCUT2D eigenvalue weighted by Crippen LogP contribution is -2.38. The lowest BCUT2D eigenvalue weighted by molar-refractivity contribution is 0.170. The first-order valence-electron chi connectivity index (χ1n) is 10.3. The molecular formula is C23H37NO3. The van der Waals surface area contributed by atoms with Crippen molar-refractivity contribution >= 4 is 6.21 Å². The Kier molecular flexibility index (Phi) is 7.72. The highest BCUT2D eigenvalue weighted by Crippen LogP contribution is 2.47. The molecule has 0 spiro atoms. The molecule has 2 rings (SSSR count). The average Bonchev–Trinajstić information content (AvgIpc) is 2.68. The number of hydrogen-bond donors (Lipinski definition) is 0. The molecule has 0 saturated carbocycles. The minimum atomic E-state index is 0.154. The van der Waals surface area contributed by atoms with Crippen molar-refractivity contribution in [1.29, 1.82) is 0 Å². The highest BCUT2D eigenvalue weighted by molar-refractivity contribution is 5.85. The Morgan fingerprint density at radius 3 is 2.44 bits per heavy atom. The number of hydrogen-bond acceptors (Lipinski definition) is 4. The van der Waals surface area contributed by atoms with Crippen LogP contribution >= 0.6 is 0 Å². The molecule has 0 aromatic heterocycles. The highest BCUT2D eigenvalue weighted by atomic mass is 16.5. The number of benzene rings is 1. The van der Waals surface area contributed by atoms with E-state index in [4.69, 9.17) is 19.2 Å². The minimum absolute atomic E-state index is 0.154. The predicted octanol–water partition coefficient (Wildman–Crippen LogP) is 5.48. The van der Waals surface area contributed by atoms with Crippen LogP contribution in [0.3, 0.4) is 0 Å². The van der Waals surface area contributed by atoms with Gasteiger partial charge in [-0.05, 0) is 41.0 Å². The molecular weight excluding hydrogens is 338 g/mol. The third-order valence-electron chi connectivity index (χ3n) is 6.16. The molecule has 3 unspecified atom stereocenters. The molecule has 0 N–H and O–H groups in total. The summed E-state index contributed by atoms with van der Waals surface area (Å²) in [6.45, 7) is 12.9. The second-order valence-electron chi connectivity index (χ2n) is 8.30. The maximum atomic E-state index is 6.06. The zero-order valence-corrected chi connectivity index (χ0v) is 18.2. The van der Waals surface area contributed by atoms with Crippen LogP contribution in [0, 0.1) is 11.3 Å². The van der Waals surface area contributed by atoms with Gasteiger partial charge in [0.1, 0.15) is 0 Å². The van der Waals surface area contributed by atoms with Gasteiger partial charge in [0.05, 0.1) is 19.8 Å². The van der Waals surface area contributed by atoms with Crippen molar-refractivity contribution in [2.75, 3.05) is 27.4 Å². The Morgan fingerprint density at radius 2 is 1.85 bits per heavy atom. The second kappa shape index (κ2) is 9.59. The second-order valence-corrected chi connectivity index (χ2v) is 8.30. The summed E-state index contributed by atoms with van der Waals surface area (Å²) >= 11 is 0. The smallest absolute Gasteiger partial charge is 0.161 e. The van der Waals surface area contributed by atoms with E-state index < -0.39 is 0 Å². The summed E-state index contributed by atoms with van der Waals surface area (Å²) in [4.78, 5) is 5.02. The van der Waals surface area contributed by atoms with Crippen molar-refractivity contribution in [2.24, 2.45) is 16.3 Å². The Bertz CT molecular complexity index is 639. The molecule has 1 heterocycles. The van der Waals surface area contributed by atoms with E-state index in [2.05, 4.69) is 46.8 Å². The molecule has 0 radical (unpaired) electrons. The highest BCUT2D eigenvalue weighted by Gasteiger charge is 2.40. The Hall–Kier alpha value is -1.55. The van der Waals surface area contributed by atoms with Crippen LogP contribution in [0.1, 0.15) is 70.9 Å². The molecule has 0 bridgehead atoms. The van der Waals surface area contributed by atoms with E-state index in [9.17, 15) is 0 Å². The van der Waals surface area contributed by atoms with Crippen LogP contribution in [0.4, 0.5) is 0 Å². The van der Waals surface area contributed by atoms with Crippen molar-refractivity contribution < 1.29 is 14.2 Å². The predicted molar refractivity (Wildman–Crippen MR) is 113 cm³/mol. The van der Waals surface area contributed by atoms with Gasteiger partial charge in [-0.15, -0.1) is 0 Å². The number of rotatable bonds is 10. The number of methoxy groups -OCH3 is 2. The fourth-order valence-corrected chi connectivity index (χ4v) is 3.84. The molecule has 4 nitrogen and oxygen atoms in total. The van der Waals surface area contributed by atoms with Gasteiger partial charge in [-0.2, -0.15) is 0 Å². The molecule has 0 aliphatic carbocycles. The SMILES string of the molecule is CCC(C)C1c2cc(OCCCOC)c(OC)cc2C=NC1C(C)(C)CC. The molecule has 1 aliphatic heterocycles. The molecule has 152 valence electrons. The molecule has 4 heteroatoms. The monoisotopic (exact) mass is 375 g/mol. The van der Waals surface area contributed by atoms with E-state index in [0.29, 0.717) is 25.0 Å². The first-order valence-corrected chi connectivity index (χ1v) is 10.3. The lowest BCUT2D eigenvalue weighted by atomic mass is 9.67. The average molecular weight is 376 g/mol.